The maximum atomic E-state index is 8.85. The number of rotatable bonds is 3. The fraction of sp³-hybridized carbons (Fsp3) is 0.300. The SMILES string of the molecule is N[C@H](CO)Cc1c[nH]c2ncccc12. The topological polar surface area (TPSA) is 74.9 Å². The molecule has 0 spiro atoms. The summed E-state index contributed by atoms with van der Waals surface area (Å²) < 4.78 is 0. The summed E-state index contributed by atoms with van der Waals surface area (Å²) in [5, 5.41) is 9.93. The van der Waals surface area contributed by atoms with E-state index in [0.29, 0.717) is 6.42 Å². The lowest BCUT2D eigenvalue weighted by molar-refractivity contribution is 0.265. The normalized spacial score (nSPS) is 13.3. The van der Waals surface area contributed by atoms with Crippen molar-refractivity contribution in [3.05, 3.63) is 30.1 Å². The summed E-state index contributed by atoms with van der Waals surface area (Å²) in [7, 11) is 0. The van der Waals surface area contributed by atoms with Crippen molar-refractivity contribution in [3.8, 4) is 0 Å². The lowest BCUT2D eigenvalue weighted by Crippen LogP contribution is -2.26. The van der Waals surface area contributed by atoms with Crippen molar-refractivity contribution < 1.29 is 5.11 Å². The van der Waals surface area contributed by atoms with Crippen LogP contribution in [0.25, 0.3) is 11.0 Å². The van der Waals surface area contributed by atoms with Crippen molar-refractivity contribution >= 4 is 11.0 Å². The van der Waals surface area contributed by atoms with Crippen LogP contribution in [0.5, 0.6) is 0 Å². The number of pyridine rings is 1. The van der Waals surface area contributed by atoms with Crippen LogP contribution >= 0.6 is 0 Å². The number of hydrogen-bond donors (Lipinski definition) is 3. The molecule has 4 nitrogen and oxygen atoms in total. The molecule has 74 valence electrons. The summed E-state index contributed by atoms with van der Waals surface area (Å²) in [6.07, 6.45) is 4.31. The van der Waals surface area contributed by atoms with Gasteiger partial charge in [-0.1, -0.05) is 0 Å². The molecule has 0 amide bonds. The van der Waals surface area contributed by atoms with Gasteiger partial charge in [-0.25, -0.2) is 4.98 Å². The average Bonchev–Trinajstić information content (AvgIpc) is 2.62. The lowest BCUT2D eigenvalue weighted by Gasteiger charge is -2.05. The molecule has 0 bridgehead atoms. The van der Waals surface area contributed by atoms with Crippen LogP contribution in [0.4, 0.5) is 0 Å². The Labute approximate surface area is 81.8 Å². The third-order valence-electron chi connectivity index (χ3n) is 2.25. The number of nitrogens with one attached hydrogen (secondary N) is 1. The van der Waals surface area contributed by atoms with E-state index in [1.54, 1.807) is 6.20 Å². The van der Waals surface area contributed by atoms with Gasteiger partial charge in [-0.2, -0.15) is 0 Å². The maximum absolute atomic E-state index is 8.85. The number of aromatic amines is 1. The van der Waals surface area contributed by atoms with Crippen molar-refractivity contribution in [1.82, 2.24) is 9.97 Å². The Morgan fingerprint density at radius 1 is 1.57 bits per heavy atom. The fourth-order valence-electron chi connectivity index (χ4n) is 1.53. The first-order chi connectivity index (χ1) is 6.81. The van der Waals surface area contributed by atoms with E-state index < -0.39 is 0 Å². The van der Waals surface area contributed by atoms with Gasteiger partial charge in [0.2, 0.25) is 0 Å². The second-order valence-corrected chi connectivity index (χ2v) is 3.36. The van der Waals surface area contributed by atoms with Gasteiger partial charge in [-0.3, -0.25) is 0 Å². The van der Waals surface area contributed by atoms with Crippen LogP contribution in [0.2, 0.25) is 0 Å². The van der Waals surface area contributed by atoms with Gasteiger partial charge in [0.25, 0.3) is 0 Å². The van der Waals surface area contributed by atoms with E-state index in [0.717, 1.165) is 16.6 Å². The van der Waals surface area contributed by atoms with Crippen LogP contribution in [0, 0.1) is 0 Å². The van der Waals surface area contributed by atoms with Gasteiger partial charge in [-0.05, 0) is 24.1 Å². The smallest absolute Gasteiger partial charge is 0.137 e. The minimum absolute atomic E-state index is 0.00688. The largest absolute Gasteiger partial charge is 0.395 e. The van der Waals surface area contributed by atoms with Gasteiger partial charge in [0.05, 0.1) is 6.61 Å². The summed E-state index contributed by atoms with van der Waals surface area (Å²) >= 11 is 0. The summed E-state index contributed by atoms with van der Waals surface area (Å²) in [6.45, 7) is 0.00688. The zero-order chi connectivity index (χ0) is 9.97. The molecule has 2 aromatic rings. The van der Waals surface area contributed by atoms with Gasteiger partial charge >= 0.3 is 0 Å². The van der Waals surface area contributed by atoms with E-state index >= 15 is 0 Å². The number of hydrogen-bond acceptors (Lipinski definition) is 3. The number of aliphatic hydroxyl groups is 1. The van der Waals surface area contributed by atoms with Crippen LogP contribution in [-0.2, 0) is 6.42 Å². The summed E-state index contributed by atoms with van der Waals surface area (Å²) in [5.74, 6) is 0. The van der Waals surface area contributed by atoms with Crippen LogP contribution in [-0.4, -0.2) is 27.7 Å². The second-order valence-electron chi connectivity index (χ2n) is 3.36. The summed E-state index contributed by atoms with van der Waals surface area (Å²) in [6, 6.07) is 3.69. The Morgan fingerprint density at radius 3 is 3.21 bits per heavy atom. The van der Waals surface area contributed by atoms with E-state index in [1.807, 2.05) is 18.3 Å². The number of aliphatic hydroxyl groups excluding tert-OH is 1. The molecule has 2 rings (SSSR count). The van der Waals surface area contributed by atoms with Gasteiger partial charge in [-0.15, -0.1) is 0 Å². The van der Waals surface area contributed by atoms with Gasteiger partial charge in [0.1, 0.15) is 5.65 Å². The Hall–Kier alpha value is -1.39. The highest BCUT2D eigenvalue weighted by molar-refractivity contribution is 5.79. The predicted molar refractivity (Wildman–Crippen MR) is 54.9 cm³/mol. The fourth-order valence-corrected chi connectivity index (χ4v) is 1.53. The van der Waals surface area contributed by atoms with Crippen molar-refractivity contribution in [1.29, 1.82) is 0 Å². The quantitative estimate of drug-likeness (QED) is 0.658. The highest BCUT2D eigenvalue weighted by Gasteiger charge is 2.07. The number of fused-ring (bicyclic) bond motifs is 1. The van der Waals surface area contributed by atoms with E-state index in [-0.39, 0.29) is 12.6 Å². The molecule has 0 aliphatic carbocycles. The van der Waals surface area contributed by atoms with E-state index in [1.165, 1.54) is 0 Å². The first kappa shape index (κ1) is 9.18. The molecule has 0 saturated heterocycles. The first-order valence-corrected chi connectivity index (χ1v) is 4.58. The molecule has 2 aromatic heterocycles. The van der Waals surface area contributed by atoms with Crippen LogP contribution in [0.15, 0.2) is 24.5 Å². The molecule has 0 radical (unpaired) electrons. The molecule has 4 N–H and O–H groups in total. The number of nitrogens with zero attached hydrogens (tertiary/aromatic N) is 1. The van der Waals surface area contributed by atoms with E-state index in [4.69, 9.17) is 10.8 Å². The predicted octanol–water partition coefficient (Wildman–Crippen LogP) is 0.425. The minimum atomic E-state index is -0.200. The van der Waals surface area contributed by atoms with Crippen molar-refractivity contribution in [2.45, 2.75) is 12.5 Å². The number of nitrogens with two attached hydrogens (primary N) is 1. The molecule has 0 aliphatic heterocycles. The Morgan fingerprint density at radius 2 is 2.43 bits per heavy atom. The van der Waals surface area contributed by atoms with Crippen LogP contribution in [0.3, 0.4) is 0 Å². The Balaban J connectivity index is 2.33. The minimum Gasteiger partial charge on any atom is -0.395 e. The van der Waals surface area contributed by atoms with Crippen molar-refractivity contribution in [2.75, 3.05) is 6.61 Å². The Kier molecular flexibility index (Phi) is 2.47. The van der Waals surface area contributed by atoms with Crippen LogP contribution < -0.4 is 5.73 Å². The monoisotopic (exact) mass is 191 g/mol. The molecule has 14 heavy (non-hydrogen) atoms. The molecule has 0 fully saturated rings. The molecule has 0 saturated carbocycles. The third-order valence-corrected chi connectivity index (χ3v) is 2.25. The zero-order valence-corrected chi connectivity index (χ0v) is 7.77. The van der Waals surface area contributed by atoms with Gasteiger partial charge < -0.3 is 15.8 Å². The zero-order valence-electron chi connectivity index (χ0n) is 7.77. The summed E-state index contributed by atoms with van der Waals surface area (Å²) in [4.78, 5) is 7.25. The van der Waals surface area contributed by atoms with Gasteiger partial charge in [0.15, 0.2) is 0 Å². The molecule has 4 heteroatoms. The molecular formula is C10H13N3O. The molecule has 0 aliphatic rings. The highest BCUT2D eigenvalue weighted by atomic mass is 16.3. The average molecular weight is 191 g/mol. The molecule has 1 atom stereocenters. The van der Waals surface area contributed by atoms with Gasteiger partial charge in [0, 0.05) is 23.8 Å². The molecule has 2 heterocycles. The van der Waals surface area contributed by atoms with Crippen molar-refractivity contribution in [2.24, 2.45) is 5.73 Å². The lowest BCUT2D eigenvalue weighted by atomic mass is 10.1. The van der Waals surface area contributed by atoms with Crippen molar-refractivity contribution in [3.63, 3.8) is 0 Å². The Bertz CT molecular complexity index is 424. The van der Waals surface area contributed by atoms with E-state index in [9.17, 15) is 0 Å². The molecule has 0 unspecified atom stereocenters. The van der Waals surface area contributed by atoms with E-state index in [2.05, 4.69) is 9.97 Å². The first-order valence-electron chi connectivity index (χ1n) is 4.58. The summed E-state index contributed by atoms with van der Waals surface area (Å²) in [5.41, 5.74) is 7.65. The maximum Gasteiger partial charge on any atom is 0.137 e. The number of H-pyrrole nitrogens is 1. The third kappa shape index (κ3) is 1.62. The van der Waals surface area contributed by atoms with Crippen LogP contribution in [0.1, 0.15) is 5.56 Å². The molecular weight excluding hydrogens is 178 g/mol. The standard InChI is InChI=1S/C10H13N3O/c11-8(6-14)4-7-5-13-10-9(7)2-1-3-12-10/h1-3,5,8,14H,4,6,11H2,(H,12,13)/t8-/m0/s1. The number of aromatic nitrogens is 2. The second kappa shape index (κ2) is 3.77. The molecule has 0 aromatic carbocycles. The highest BCUT2D eigenvalue weighted by Crippen LogP contribution is 2.16.